The molecule has 0 aromatic heterocycles. The van der Waals surface area contributed by atoms with E-state index in [0.29, 0.717) is 24.4 Å². The third-order valence-corrected chi connectivity index (χ3v) is 6.49. The summed E-state index contributed by atoms with van der Waals surface area (Å²) in [5.41, 5.74) is 2.81. The molecule has 3 rings (SSSR count). The summed E-state index contributed by atoms with van der Waals surface area (Å²) in [6.45, 7) is 19.1. The highest BCUT2D eigenvalue weighted by molar-refractivity contribution is 5.91. The van der Waals surface area contributed by atoms with Crippen LogP contribution >= 0.6 is 0 Å². The average Bonchev–Trinajstić information content (AvgIpc) is 2.82. The van der Waals surface area contributed by atoms with Gasteiger partial charge in [-0.05, 0) is 95.3 Å². The molecule has 0 aliphatic carbocycles. The molecule has 0 saturated carbocycles. The Morgan fingerprint density at radius 2 is 1.69 bits per heavy atom. The second-order valence-electron chi connectivity index (χ2n) is 11.2. The molecule has 2 aromatic rings. The zero-order chi connectivity index (χ0) is 26.3. The van der Waals surface area contributed by atoms with Crippen molar-refractivity contribution in [1.82, 2.24) is 0 Å². The van der Waals surface area contributed by atoms with E-state index in [1.165, 1.54) is 30.3 Å². The fourth-order valence-corrected chi connectivity index (χ4v) is 4.55. The van der Waals surface area contributed by atoms with Crippen molar-refractivity contribution in [3.63, 3.8) is 0 Å². The molecule has 0 radical (unpaired) electrons. The average molecular weight is 487 g/mol. The number of allylic oxidation sites excluding steroid dienone is 4. The van der Waals surface area contributed by atoms with Crippen LogP contribution in [0.1, 0.15) is 72.8 Å². The minimum Gasteiger partial charge on any atom is -0.487 e. The molecule has 0 unspecified atom stereocenters. The van der Waals surface area contributed by atoms with Crippen molar-refractivity contribution in [1.29, 1.82) is 5.26 Å². The second kappa shape index (κ2) is 11.8. The fraction of sp³-hybridized carbons (Fsp3) is 0.469. The topological polar surface area (TPSA) is 45.5 Å². The highest BCUT2D eigenvalue weighted by Gasteiger charge is 2.24. The maximum Gasteiger partial charge on any atom is 0.131 e. The standard InChI is InChI=1S/C32H42N2O2/c1-8-12-29(30(23-33)24(2)36-32(6,7)17-20-35-31(3,4)5)27-14-13-26-22-28(16-15-25(26)21-27)34-18-10-9-11-19-34/h8,12-16,21-22H,2,9-11,17-20H2,1,3-7H3/b12-8-,30-29+. The van der Waals surface area contributed by atoms with Gasteiger partial charge in [0.25, 0.3) is 0 Å². The van der Waals surface area contributed by atoms with Crippen molar-refractivity contribution >= 4 is 22.0 Å². The molecule has 1 fully saturated rings. The first kappa shape index (κ1) is 27.6. The van der Waals surface area contributed by atoms with Crippen LogP contribution in [0.4, 0.5) is 5.69 Å². The van der Waals surface area contributed by atoms with E-state index in [-0.39, 0.29) is 5.60 Å². The number of rotatable bonds is 9. The van der Waals surface area contributed by atoms with Gasteiger partial charge in [-0.1, -0.05) is 36.9 Å². The molecule has 0 bridgehead atoms. The number of nitrogens with zero attached hydrogens (tertiary/aromatic N) is 2. The quantitative estimate of drug-likeness (QED) is 0.204. The van der Waals surface area contributed by atoms with Crippen molar-refractivity contribution < 1.29 is 9.47 Å². The van der Waals surface area contributed by atoms with Gasteiger partial charge in [0, 0.05) is 30.8 Å². The molecule has 192 valence electrons. The number of benzene rings is 2. The molecule has 4 nitrogen and oxygen atoms in total. The molecular weight excluding hydrogens is 444 g/mol. The third kappa shape index (κ3) is 7.48. The Bertz CT molecular complexity index is 1170. The van der Waals surface area contributed by atoms with E-state index in [2.05, 4.69) is 53.9 Å². The molecule has 2 aromatic carbocycles. The number of nitriles is 1. The van der Waals surface area contributed by atoms with Gasteiger partial charge in [-0.15, -0.1) is 0 Å². The van der Waals surface area contributed by atoms with Gasteiger partial charge >= 0.3 is 0 Å². The van der Waals surface area contributed by atoms with E-state index in [1.54, 1.807) is 0 Å². The minimum absolute atomic E-state index is 0.200. The molecule has 0 atom stereocenters. The summed E-state index contributed by atoms with van der Waals surface area (Å²) in [4.78, 5) is 2.48. The molecule has 4 heteroatoms. The Kier molecular flexibility index (Phi) is 9.03. The summed E-state index contributed by atoms with van der Waals surface area (Å²) in [6, 6.07) is 15.4. The third-order valence-electron chi connectivity index (χ3n) is 6.49. The zero-order valence-electron chi connectivity index (χ0n) is 23.0. The van der Waals surface area contributed by atoms with Crippen LogP contribution < -0.4 is 4.90 Å². The molecule has 0 amide bonds. The van der Waals surface area contributed by atoms with Crippen LogP contribution in [0.3, 0.4) is 0 Å². The minimum atomic E-state index is -0.514. The summed E-state index contributed by atoms with van der Waals surface area (Å²) in [5, 5.41) is 12.5. The van der Waals surface area contributed by atoms with Crippen molar-refractivity contribution in [2.45, 2.75) is 78.4 Å². The van der Waals surface area contributed by atoms with E-state index in [4.69, 9.17) is 9.47 Å². The highest BCUT2D eigenvalue weighted by atomic mass is 16.5. The summed E-state index contributed by atoms with van der Waals surface area (Å²) in [6.07, 6.45) is 8.45. The van der Waals surface area contributed by atoms with E-state index >= 15 is 0 Å². The monoisotopic (exact) mass is 486 g/mol. The van der Waals surface area contributed by atoms with Gasteiger partial charge in [-0.2, -0.15) is 5.26 Å². The Balaban J connectivity index is 1.87. The molecule has 1 aliphatic rings. The summed E-state index contributed by atoms with van der Waals surface area (Å²) in [7, 11) is 0. The van der Waals surface area contributed by atoms with Crippen molar-refractivity contribution in [2.75, 3.05) is 24.6 Å². The molecule has 36 heavy (non-hydrogen) atoms. The van der Waals surface area contributed by atoms with Gasteiger partial charge in [0.05, 0.1) is 12.2 Å². The second-order valence-corrected chi connectivity index (χ2v) is 11.2. The van der Waals surface area contributed by atoms with Gasteiger partial charge in [-0.3, -0.25) is 0 Å². The number of hydrogen-bond acceptors (Lipinski definition) is 4. The van der Waals surface area contributed by atoms with Crippen LogP contribution in [0.5, 0.6) is 0 Å². The fourth-order valence-electron chi connectivity index (χ4n) is 4.55. The van der Waals surface area contributed by atoms with Gasteiger partial charge in [-0.25, -0.2) is 0 Å². The van der Waals surface area contributed by atoms with Gasteiger partial charge in [0.1, 0.15) is 23.0 Å². The van der Waals surface area contributed by atoms with Crippen molar-refractivity contribution in [2.24, 2.45) is 0 Å². The number of piperidine rings is 1. The largest absolute Gasteiger partial charge is 0.487 e. The van der Waals surface area contributed by atoms with Crippen molar-refractivity contribution in [3.8, 4) is 6.07 Å². The van der Waals surface area contributed by atoms with E-state index in [9.17, 15) is 5.26 Å². The lowest BCUT2D eigenvalue weighted by Gasteiger charge is -2.29. The predicted octanol–water partition coefficient (Wildman–Crippen LogP) is 8.20. The first-order chi connectivity index (χ1) is 17.0. The number of fused-ring (bicyclic) bond motifs is 1. The van der Waals surface area contributed by atoms with Crippen molar-refractivity contribution in [3.05, 3.63) is 72.0 Å². The SMILES string of the molecule is C=C(OC(C)(C)CCOC(C)(C)C)/C(C#N)=C(\C=C/C)c1ccc2cc(N3CCCCC3)ccc2c1. The normalized spacial score (nSPS) is 15.6. The molecule has 1 heterocycles. The summed E-state index contributed by atoms with van der Waals surface area (Å²) >= 11 is 0. The van der Waals surface area contributed by atoms with E-state index < -0.39 is 5.60 Å². The Hall–Kier alpha value is -3.03. The van der Waals surface area contributed by atoms with Crippen LogP contribution in [-0.4, -0.2) is 30.9 Å². The van der Waals surface area contributed by atoms with Gasteiger partial charge < -0.3 is 14.4 Å². The Labute approximate surface area is 217 Å². The maximum atomic E-state index is 10.1. The maximum absolute atomic E-state index is 10.1. The number of ether oxygens (including phenoxy) is 2. The number of hydrogen-bond donors (Lipinski definition) is 0. The molecule has 0 spiro atoms. The van der Waals surface area contributed by atoms with Gasteiger partial charge in [0.2, 0.25) is 0 Å². The lowest BCUT2D eigenvalue weighted by Crippen LogP contribution is -2.29. The van der Waals surface area contributed by atoms with Crippen LogP contribution in [0.15, 0.2) is 66.5 Å². The molecule has 0 N–H and O–H groups in total. The summed E-state index contributed by atoms with van der Waals surface area (Å²) in [5.74, 6) is 0.381. The Morgan fingerprint density at radius 3 is 2.33 bits per heavy atom. The number of anilines is 1. The van der Waals surface area contributed by atoms with E-state index in [1.807, 2.05) is 53.7 Å². The van der Waals surface area contributed by atoms with E-state index in [0.717, 1.165) is 29.6 Å². The van der Waals surface area contributed by atoms with Crippen LogP contribution in [0.2, 0.25) is 0 Å². The van der Waals surface area contributed by atoms with Crippen LogP contribution in [0, 0.1) is 11.3 Å². The zero-order valence-corrected chi connectivity index (χ0v) is 23.0. The molecule has 1 aliphatic heterocycles. The summed E-state index contributed by atoms with van der Waals surface area (Å²) < 4.78 is 12.1. The lowest BCUT2D eigenvalue weighted by molar-refractivity contribution is -0.0437. The molecular formula is C32H42N2O2. The predicted molar refractivity (Wildman–Crippen MR) is 152 cm³/mol. The van der Waals surface area contributed by atoms with Crippen LogP contribution in [0.25, 0.3) is 16.3 Å². The first-order valence-corrected chi connectivity index (χ1v) is 13.1. The van der Waals surface area contributed by atoms with Crippen LogP contribution in [-0.2, 0) is 9.47 Å². The van der Waals surface area contributed by atoms with Gasteiger partial charge in [0.15, 0.2) is 0 Å². The highest BCUT2D eigenvalue weighted by Crippen LogP contribution is 2.32. The lowest BCUT2D eigenvalue weighted by atomic mass is 9.95. The first-order valence-electron chi connectivity index (χ1n) is 13.1. The smallest absolute Gasteiger partial charge is 0.131 e. The Morgan fingerprint density at radius 1 is 1.03 bits per heavy atom. The molecule has 1 saturated heterocycles.